The molecule has 0 atom stereocenters. The number of nitro benzene ring substituents is 1. The van der Waals surface area contributed by atoms with Crippen LogP contribution in [0.15, 0.2) is 18.2 Å². The highest BCUT2D eigenvalue weighted by Crippen LogP contribution is 2.30. The van der Waals surface area contributed by atoms with Crippen LogP contribution in [-0.4, -0.2) is 41.9 Å². The van der Waals surface area contributed by atoms with Crippen molar-refractivity contribution in [2.75, 3.05) is 31.1 Å². The van der Waals surface area contributed by atoms with Crippen LogP contribution in [0, 0.1) is 16.0 Å². The smallest absolute Gasteiger partial charge is 0.270 e. The van der Waals surface area contributed by atoms with Crippen LogP contribution in [0.1, 0.15) is 55.8 Å². The van der Waals surface area contributed by atoms with E-state index >= 15 is 0 Å². The first-order valence-electron chi connectivity index (χ1n) is 9.39. The Morgan fingerprint density at radius 3 is 2.32 bits per heavy atom. The number of piperidine rings is 1. The highest BCUT2D eigenvalue weighted by molar-refractivity contribution is 6.00. The van der Waals surface area contributed by atoms with Crippen molar-refractivity contribution in [1.29, 1.82) is 0 Å². The molecule has 0 saturated carbocycles. The Bertz CT molecular complexity index is 631. The zero-order valence-corrected chi connectivity index (χ0v) is 14.9. The maximum Gasteiger partial charge on any atom is 0.270 e. The van der Waals surface area contributed by atoms with Crippen LogP contribution in [0.4, 0.5) is 11.4 Å². The van der Waals surface area contributed by atoms with Crippen molar-refractivity contribution in [1.82, 2.24) is 4.90 Å². The molecule has 2 heterocycles. The molecule has 1 aromatic rings. The Labute approximate surface area is 148 Å². The van der Waals surface area contributed by atoms with E-state index in [-0.39, 0.29) is 11.6 Å². The first-order chi connectivity index (χ1) is 12.1. The number of hydrogen-bond donors (Lipinski definition) is 0. The summed E-state index contributed by atoms with van der Waals surface area (Å²) in [5.74, 6) is 0.637. The van der Waals surface area contributed by atoms with E-state index in [4.69, 9.17) is 0 Å². The van der Waals surface area contributed by atoms with Crippen molar-refractivity contribution in [2.45, 2.75) is 45.4 Å². The highest BCUT2D eigenvalue weighted by Gasteiger charge is 2.26. The van der Waals surface area contributed by atoms with Crippen molar-refractivity contribution in [3.05, 3.63) is 33.9 Å². The maximum absolute atomic E-state index is 13.1. The summed E-state index contributed by atoms with van der Waals surface area (Å²) in [6, 6.07) is 4.76. The normalized spacial score (nSPS) is 19.6. The minimum absolute atomic E-state index is 0.00713. The van der Waals surface area contributed by atoms with Gasteiger partial charge in [-0.3, -0.25) is 14.9 Å². The van der Waals surface area contributed by atoms with Crippen LogP contribution >= 0.6 is 0 Å². The Balaban J connectivity index is 1.91. The van der Waals surface area contributed by atoms with E-state index in [9.17, 15) is 14.9 Å². The average molecular weight is 345 g/mol. The van der Waals surface area contributed by atoms with Crippen LogP contribution in [0.3, 0.4) is 0 Å². The monoisotopic (exact) mass is 345 g/mol. The van der Waals surface area contributed by atoms with E-state index in [1.807, 2.05) is 4.90 Å². The number of anilines is 1. The highest BCUT2D eigenvalue weighted by atomic mass is 16.6. The Morgan fingerprint density at radius 2 is 1.72 bits per heavy atom. The zero-order chi connectivity index (χ0) is 17.8. The van der Waals surface area contributed by atoms with Gasteiger partial charge in [-0.15, -0.1) is 0 Å². The summed E-state index contributed by atoms with van der Waals surface area (Å²) in [4.78, 5) is 28.0. The SMILES string of the molecule is CC1CCN(c2ccc([N+](=O)[O-])cc2C(=O)N2CCCCCC2)CC1. The molecule has 2 aliphatic heterocycles. The molecule has 6 nitrogen and oxygen atoms in total. The molecule has 1 aromatic carbocycles. The quantitative estimate of drug-likeness (QED) is 0.616. The van der Waals surface area contributed by atoms with Crippen LogP contribution in [0.25, 0.3) is 0 Å². The molecule has 2 saturated heterocycles. The second kappa shape index (κ2) is 7.85. The summed E-state index contributed by atoms with van der Waals surface area (Å²) in [6.07, 6.45) is 6.50. The lowest BCUT2D eigenvalue weighted by Crippen LogP contribution is -2.36. The van der Waals surface area contributed by atoms with E-state index in [0.717, 1.165) is 70.4 Å². The van der Waals surface area contributed by atoms with Crippen molar-refractivity contribution in [2.24, 2.45) is 5.92 Å². The first kappa shape index (κ1) is 17.7. The lowest BCUT2D eigenvalue weighted by molar-refractivity contribution is -0.384. The van der Waals surface area contributed by atoms with Crippen LogP contribution in [0.5, 0.6) is 0 Å². The third-order valence-corrected chi connectivity index (χ3v) is 5.44. The molecule has 0 aliphatic carbocycles. The minimum Gasteiger partial charge on any atom is -0.371 e. The van der Waals surface area contributed by atoms with Gasteiger partial charge in [-0.25, -0.2) is 0 Å². The molecule has 136 valence electrons. The molecule has 3 rings (SSSR count). The molecule has 0 spiro atoms. The number of nitrogens with zero attached hydrogens (tertiary/aromatic N) is 3. The topological polar surface area (TPSA) is 66.7 Å². The molecule has 6 heteroatoms. The molecule has 2 aliphatic rings. The van der Waals surface area contributed by atoms with Crippen LogP contribution in [-0.2, 0) is 0 Å². The number of hydrogen-bond acceptors (Lipinski definition) is 4. The summed E-state index contributed by atoms with van der Waals surface area (Å²) >= 11 is 0. The lowest BCUT2D eigenvalue weighted by atomic mass is 9.97. The Kier molecular flexibility index (Phi) is 5.56. The van der Waals surface area contributed by atoms with E-state index in [1.54, 1.807) is 6.07 Å². The molecule has 0 N–H and O–H groups in total. The third-order valence-electron chi connectivity index (χ3n) is 5.44. The number of benzene rings is 1. The second-order valence-corrected chi connectivity index (χ2v) is 7.33. The Hall–Kier alpha value is -2.11. The van der Waals surface area contributed by atoms with Gasteiger partial charge in [0.05, 0.1) is 16.2 Å². The fourth-order valence-electron chi connectivity index (χ4n) is 3.78. The maximum atomic E-state index is 13.1. The molecule has 0 bridgehead atoms. The minimum atomic E-state index is -0.415. The molecular weight excluding hydrogens is 318 g/mol. The van der Waals surface area contributed by atoms with Gasteiger partial charge in [-0.05, 0) is 37.7 Å². The van der Waals surface area contributed by atoms with Crippen LogP contribution in [0.2, 0.25) is 0 Å². The van der Waals surface area contributed by atoms with Crippen molar-refractivity contribution in [3.8, 4) is 0 Å². The summed E-state index contributed by atoms with van der Waals surface area (Å²) < 4.78 is 0. The Morgan fingerprint density at radius 1 is 1.08 bits per heavy atom. The third kappa shape index (κ3) is 4.11. The summed E-state index contributed by atoms with van der Waals surface area (Å²) in [6.45, 7) is 5.55. The van der Waals surface area contributed by atoms with E-state index in [2.05, 4.69) is 11.8 Å². The average Bonchev–Trinajstić information content (AvgIpc) is 2.90. The number of non-ortho nitro benzene ring substituents is 1. The predicted octanol–water partition coefficient (Wildman–Crippen LogP) is 3.85. The van der Waals surface area contributed by atoms with Gasteiger partial charge in [0, 0.05) is 38.3 Å². The van der Waals surface area contributed by atoms with Gasteiger partial charge < -0.3 is 9.80 Å². The number of likely N-dealkylation sites (tertiary alicyclic amines) is 1. The first-order valence-corrected chi connectivity index (χ1v) is 9.39. The molecule has 1 amide bonds. The molecule has 2 fully saturated rings. The van der Waals surface area contributed by atoms with E-state index in [0.29, 0.717) is 11.5 Å². The number of amides is 1. The molecule has 0 unspecified atom stereocenters. The molecule has 0 aromatic heterocycles. The molecule has 25 heavy (non-hydrogen) atoms. The number of rotatable bonds is 3. The van der Waals surface area contributed by atoms with Crippen LogP contribution < -0.4 is 4.90 Å². The molecule has 0 radical (unpaired) electrons. The predicted molar refractivity (Wildman–Crippen MR) is 98.1 cm³/mol. The van der Waals surface area contributed by atoms with Gasteiger partial charge in [0.25, 0.3) is 11.6 Å². The summed E-state index contributed by atoms with van der Waals surface area (Å²) in [7, 11) is 0. The fourth-order valence-corrected chi connectivity index (χ4v) is 3.78. The number of nitro groups is 1. The largest absolute Gasteiger partial charge is 0.371 e. The van der Waals surface area contributed by atoms with Gasteiger partial charge in [0.1, 0.15) is 0 Å². The lowest BCUT2D eigenvalue weighted by Gasteiger charge is -2.34. The fraction of sp³-hybridized carbons (Fsp3) is 0.632. The number of carbonyl (C=O) groups is 1. The molecular formula is C19H27N3O3. The zero-order valence-electron chi connectivity index (χ0n) is 14.9. The standard InChI is InChI=1S/C19H27N3O3/c1-15-8-12-20(13-9-15)18-7-6-16(22(24)25)14-17(18)19(23)21-10-4-2-3-5-11-21/h6-7,14-15H,2-5,8-13H2,1H3. The van der Waals surface area contributed by atoms with Gasteiger partial charge in [0.15, 0.2) is 0 Å². The second-order valence-electron chi connectivity index (χ2n) is 7.33. The summed E-state index contributed by atoms with van der Waals surface area (Å²) in [5.41, 5.74) is 1.34. The van der Waals surface area contributed by atoms with Gasteiger partial charge in [0.2, 0.25) is 0 Å². The van der Waals surface area contributed by atoms with Gasteiger partial charge >= 0.3 is 0 Å². The summed E-state index contributed by atoms with van der Waals surface area (Å²) in [5, 5.41) is 11.2. The van der Waals surface area contributed by atoms with Crippen molar-refractivity contribution >= 4 is 17.3 Å². The van der Waals surface area contributed by atoms with E-state index < -0.39 is 4.92 Å². The number of carbonyl (C=O) groups excluding carboxylic acids is 1. The van der Waals surface area contributed by atoms with Gasteiger partial charge in [-0.1, -0.05) is 19.8 Å². The van der Waals surface area contributed by atoms with Crippen molar-refractivity contribution < 1.29 is 9.72 Å². The van der Waals surface area contributed by atoms with E-state index in [1.165, 1.54) is 12.1 Å². The van der Waals surface area contributed by atoms with Gasteiger partial charge in [-0.2, -0.15) is 0 Å². The van der Waals surface area contributed by atoms with Crippen molar-refractivity contribution in [3.63, 3.8) is 0 Å².